The van der Waals surface area contributed by atoms with Crippen molar-refractivity contribution in [2.24, 2.45) is 4.40 Å². The molecule has 0 atom stereocenters. The van der Waals surface area contributed by atoms with Crippen molar-refractivity contribution in [1.29, 1.82) is 0 Å². The van der Waals surface area contributed by atoms with Crippen LogP contribution < -0.4 is 5.32 Å². The van der Waals surface area contributed by atoms with E-state index in [1.807, 2.05) is 6.07 Å². The highest BCUT2D eigenvalue weighted by Crippen LogP contribution is 2.35. The maximum Gasteiger partial charge on any atom is 0.284 e. The molecule has 0 aliphatic carbocycles. The van der Waals surface area contributed by atoms with Crippen molar-refractivity contribution in [2.45, 2.75) is 4.90 Å². The molecule has 0 saturated carbocycles. The Kier molecular flexibility index (Phi) is 5.98. The van der Waals surface area contributed by atoms with Crippen LogP contribution in [0.3, 0.4) is 0 Å². The maximum absolute atomic E-state index is 12.7. The zero-order valence-corrected chi connectivity index (χ0v) is 17.8. The minimum absolute atomic E-state index is 0.0515. The zero-order valence-electron chi connectivity index (χ0n) is 13.8. The fourth-order valence-electron chi connectivity index (χ4n) is 2.28. The van der Waals surface area contributed by atoms with Gasteiger partial charge in [-0.25, -0.2) is 0 Å². The van der Waals surface area contributed by atoms with E-state index in [0.29, 0.717) is 20.2 Å². The Morgan fingerprint density at radius 3 is 1.96 bits per heavy atom. The molecule has 8 heteroatoms. The lowest BCUT2D eigenvalue weighted by Crippen LogP contribution is -2.16. The molecule has 27 heavy (non-hydrogen) atoms. The van der Waals surface area contributed by atoms with Crippen molar-refractivity contribution in [3.8, 4) is 5.75 Å². The summed E-state index contributed by atoms with van der Waals surface area (Å²) in [5.41, 5.74) is 1.16. The van der Waals surface area contributed by atoms with Crippen molar-refractivity contribution >= 4 is 53.4 Å². The van der Waals surface area contributed by atoms with Gasteiger partial charge >= 0.3 is 0 Å². The third-order valence-electron chi connectivity index (χ3n) is 3.58. The van der Waals surface area contributed by atoms with Crippen LogP contribution in [0.2, 0.25) is 0 Å². The van der Waals surface area contributed by atoms with Crippen LogP contribution in [-0.2, 0) is 10.0 Å². The fraction of sp³-hybridized carbons (Fsp3) is 0. The average Bonchev–Trinajstić information content (AvgIpc) is 2.67. The highest BCUT2D eigenvalue weighted by atomic mass is 79.9. The molecule has 0 radical (unpaired) electrons. The third kappa shape index (κ3) is 4.77. The maximum atomic E-state index is 12.7. The lowest BCUT2D eigenvalue weighted by atomic mass is 10.2. The van der Waals surface area contributed by atoms with Crippen molar-refractivity contribution in [3.05, 3.63) is 87.3 Å². The van der Waals surface area contributed by atoms with Gasteiger partial charge in [0.05, 0.1) is 13.8 Å². The average molecular weight is 510 g/mol. The van der Waals surface area contributed by atoms with Crippen molar-refractivity contribution in [1.82, 2.24) is 0 Å². The molecular weight excluding hydrogens is 496 g/mol. The summed E-state index contributed by atoms with van der Waals surface area (Å²) in [7, 11) is -3.90. The summed E-state index contributed by atoms with van der Waals surface area (Å²) in [6.45, 7) is 0. The van der Waals surface area contributed by atoms with Crippen molar-refractivity contribution in [3.63, 3.8) is 0 Å². The van der Waals surface area contributed by atoms with E-state index in [9.17, 15) is 13.5 Å². The Morgan fingerprint density at radius 2 is 1.41 bits per heavy atom. The van der Waals surface area contributed by atoms with E-state index >= 15 is 0 Å². The first-order valence-electron chi connectivity index (χ1n) is 7.77. The van der Waals surface area contributed by atoms with E-state index in [1.54, 1.807) is 54.6 Å². The summed E-state index contributed by atoms with van der Waals surface area (Å²) < 4.78 is 30.3. The number of aromatic hydroxyl groups is 1. The van der Waals surface area contributed by atoms with E-state index in [2.05, 4.69) is 41.6 Å². The Bertz CT molecular complexity index is 1060. The number of phenols is 1. The van der Waals surface area contributed by atoms with Gasteiger partial charge in [0.1, 0.15) is 5.75 Å². The summed E-state index contributed by atoms with van der Waals surface area (Å²) in [6.07, 6.45) is 0. The second kappa shape index (κ2) is 8.24. The lowest BCUT2D eigenvalue weighted by Gasteiger charge is -2.12. The minimum atomic E-state index is -3.90. The molecule has 3 rings (SSSR count). The highest BCUT2D eigenvalue weighted by molar-refractivity contribution is 9.11. The van der Waals surface area contributed by atoms with Crippen LogP contribution in [0.1, 0.15) is 5.56 Å². The molecule has 0 heterocycles. The van der Waals surface area contributed by atoms with E-state index in [0.717, 1.165) is 0 Å². The predicted octanol–water partition coefficient (Wildman–Crippen LogP) is 5.16. The van der Waals surface area contributed by atoms with Crippen LogP contribution in [0.15, 0.2) is 91.0 Å². The van der Waals surface area contributed by atoms with Gasteiger partial charge in [0.15, 0.2) is 5.84 Å². The second-order valence-electron chi connectivity index (χ2n) is 5.51. The molecule has 0 aliphatic rings. The van der Waals surface area contributed by atoms with E-state index < -0.39 is 10.0 Å². The largest absolute Gasteiger partial charge is 0.506 e. The first kappa shape index (κ1) is 19.6. The van der Waals surface area contributed by atoms with Gasteiger partial charge in [0, 0.05) is 11.3 Å². The van der Waals surface area contributed by atoms with Gasteiger partial charge in [-0.3, -0.25) is 0 Å². The SMILES string of the molecule is O=S(=O)(N=C(Nc1cc(Br)c(O)c(Br)c1)c1ccccc1)c1ccccc1. The topological polar surface area (TPSA) is 78.8 Å². The van der Waals surface area contributed by atoms with Crippen LogP contribution in [0.25, 0.3) is 0 Å². The Balaban J connectivity index is 2.08. The number of sulfonamides is 1. The number of nitrogens with zero attached hydrogens (tertiary/aromatic N) is 1. The summed E-state index contributed by atoms with van der Waals surface area (Å²) in [5, 5.41) is 12.9. The molecule has 0 unspecified atom stereocenters. The van der Waals surface area contributed by atoms with Crippen molar-refractivity contribution < 1.29 is 13.5 Å². The first-order valence-corrected chi connectivity index (χ1v) is 10.8. The molecule has 0 amide bonds. The third-order valence-corrected chi connectivity index (χ3v) is 6.08. The summed E-state index contributed by atoms with van der Waals surface area (Å²) in [5.74, 6) is 0.222. The number of benzene rings is 3. The predicted molar refractivity (Wildman–Crippen MR) is 114 cm³/mol. The number of nitrogens with one attached hydrogen (secondary N) is 1. The number of halogens is 2. The van der Waals surface area contributed by atoms with Crippen LogP contribution in [-0.4, -0.2) is 19.4 Å². The lowest BCUT2D eigenvalue weighted by molar-refractivity contribution is 0.468. The molecule has 0 fully saturated rings. The first-order chi connectivity index (χ1) is 12.9. The molecule has 0 bridgehead atoms. The van der Waals surface area contributed by atoms with Gasteiger partial charge in [-0.2, -0.15) is 8.42 Å². The molecule has 138 valence electrons. The van der Waals surface area contributed by atoms with Crippen LogP contribution in [0.4, 0.5) is 5.69 Å². The number of hydrogen-bond donors (Lipinski definition) is 2. The normalized spacial score (nSPS) is 12.0. The number of rotatable bonds is 4. The molecule has 3 aromatic rings. The van der Waals surface area contributed by atoms with Gasteiger partial charge < -0.3 is 10.4 Å². The standard InChI is InChI=1S/C19H14Br2N2O3S/c20-16-11-14(12-17(21)18(16)24)22-19(13-7-3-1-4-8-13)23-27(25,26)15-9-5-2-6-10-15/h1-12,24H,(H,22,23). The molecule has 2 N–H and O–H groups in total. The number of amidine groups is 1. The van der Waals surface area contributed by atoms with Crippen molar-refractivity contribution in [2.75, 3.05) is 5.32 Å². The smallest absolute Gasteiger partial charge is 0.284 e. The molecule has 0 aliphatic heterocycles. The second-order valence-corrected chi connectivity index (χ2v) is 8.82. The molecule has 5 nitrogen and oxygen atoms in total. The van der Waals surface area contributed by atoms with Gasteiger partial charge in [-0.15, -0.1) is 4.40 Å². The van der Waals surface area contributed by atoms with E-state index in [1.165, 1.54) is 12.1 Å². The highest BCUT2D eigenvalue weighted by Gasteiger charge is 2.16. The molecule has 3 aromatic carbocycles. The van der Waals surface area contributed by atoms with Crippen LogP contribution >= 0.6 is 31.9 Å². The summed E-state index contributed by atoms with van der Waals surface area (Å²) in [6, 6.07) is 20.2. The summed E-state index contributed by atoms with van der Waals surface area (Å²) in [4.78, 5) is 0.105. The molecule has 0 spiro atoms. The van der Waals surface area contributed by atoms with Crippen LogP contribution in [0, 0.1) is 0 Å². The van der Waals surface area contributed by atoms with Gasteiger partial charge in [-0.05, 0) is 56.1 Å². The zero-order chi connectivity index (χ0) is 19.4. The van der Waals surface area contributed by atoms with Crippen LogP contribution in [0.5, 0.6) is 5.75 Å². The molecule has 0 aromatic heterocycles. The minimum Gasteiger partial charge on any atom is -0.506 e. The fourth-order valence-corrected chi connectivity index (χ4v) is 4.47. The number of anilines is 1. The van der Waals surface area contributed by atoms with E-state index in [4.69, 9.17) is 0 Å². The van der Waals surface area contributed by atoms with Gasteiger partial charge in [0.25, 0.3) is 10.0 Å². The quantitative estimate of drug-likeness (QED) is 0.289. The molecule has 0 saturated heterocycles. The number of hydrogen-bond acceptors (Lipinski definition) is 3. The molecular formula is C19H14Br2N2O3S. The monoisotopic (exact) mass is 508 g/mol. The Hall–Kier alpha value is -2.16. The Morgan fingerprint density at radius 1 is 0.889 bits per heavy atom. The van der Waals surface area contributed by atoms with Gasteiger partial charge in [0.2, 0.25) is 0 Å². The number of phenolic OH excluding ortho intramolecular Hbond substituents is 1. The Labute approximate surface area is 174 Å². The summed E-state index contributed by atoms with van der Waals surface area (Å²) >= 11 is 6.53. The van der Waals surface area contributed by atoms with Gasteiger partial charge in [-0.1, -0.05) is 48.5 Å². The van der Waals surface area contributed by atoms with E-state index in [-0.39, 0.29) is 16.5 Å².